The summed E-state index contributed by atoms with van der Waals surface area (Å²) in [5.74, 6) is 0.443. The number of ether oxygens (including phenoxy) is 1. The van der Waals surface area contributed by atoms with Crippen LogP contribution in [0.3, 0.4) is 0 Å². The van der Waals surface area contributed by atoms with Gasteiger partial charge in [0.25, 0.3) is 0 Å². The number of hydrogen-bond acceptors (Lipinski definition) is 4. The summed E-state index contributed by atoms with van der Waals surface area (Å²) in [6.07, 6.45) is -4.50. The van der Waals surface area contributed by atoms with Crippen molar-refractivity contribution in [2.24, 2.45) is 0 Å². The molecular formula is C21H23ClF3N3O2. The van der Waals surface area contributed by atoms with E-state index in [0.717, 1.165) is 43.6 Å². The lowest BCUT2D eigenvalue weighted by atomic mass is 10.2. The highest BCUT2D eigenvalue weighted by atomic mass is 35.5. The van der Waals surface area contributed by atoms with Gasteiger partial charge in [0.15, 0.2) is 0 Å². The Labute approximate surface area is 178 Å². The maximum atomic E-state index is 12.9. The molecule has 1 aliphatic heterocycles. The SMILES string of the molecule is O=C(CN1CCN(CCOc2ccccc2)CC1)Nc1cc(C(F)(F)F)ccc1Cl. The summed E-state index contributed by atoms with van der Waals surface area (Å²) in [6.45, 7) is 4.42. The Morgan fingerprint density at radius 3 is 2.37 bits per heavy atom. The summed E-state index contributed by atoms with van der Waals surface area (Å²) in [5.41, 5.74) is -0.887. The third kappa shape index (κ3) is 6.62. The van der Waals surface area contributed by atoms with E-state index < -0.39 is 17.6 Å². The van der Waals surface area contributed by atoms with Gasteiger partial charge in [-0.1, -0.05) is 29.8 Å². The number of hydrogen-bond donors (Lipinski definition) is 1. The molecule has 2 aromatic rings. The monoisotopic (exact) mass is 441 g/mol. The first kappa shape index (κ1) is 22.4. The van der Waals surface area contributed by atoms with Crippen molar-refractivity contribution in [3.8, 4) is 5.75 Å². The number of amides is 1. The topological polar surface area (TPSA) is 44.8 Å². The Morgan fingerprint density at radius 2 is 1.70 bits per heavy atom. The fraction of sp³-hybridized carbons (Fsp3) is 0.381. The van der Waals surface area contributed by atoms with Gasteiger partial charge in [0.2, 0.25) is 5.91 Å². The van der Waals surface area contributed by atoms with Crippen molar-refractivity contribution < 1.29 is 22.7 Å². The summed E-state index contributed by atoms with van der Waals surface area (Å²) in [6, 6.07) is 12.5. The van der Waals surface area contributed by atoms with Gasteiger partial charge in [0.05, 0.1) is 22.8 Å². The van der Waals surface area contributed by atoms with Crippen LogP contribution in [0, 0.1) is 0 Å². The highest BCUT2D eigenvalue weighted by Crippen LogP contribution is 2.33. The molecule has 9 heteroatoms. The number of nitrogens with one attached hydrogen (secondary N) is 1. The maximum absolute atomic E-state index is 12.9. The number of rotatable bonds is 7. The number of alkyl halides is 3. The van der Waals surface area contributed by atoms with E-state index in [1.165, 1.54) is 0 Å². The molecule has 3 rings (SSSR count). The number of carbonyl (C=O) groups excluding carboxylic acids is 1. The minimum Gasteiger partial charge on any atom is -0.492 e. The van der Waals surface area contributed by atoms with Crippen molar-refractivity contribution >= 4 is 23.2 Å². The molecule has 1 heterocycles. The van der Waals surface area contributed by atoms with Crippen LogP contribution < -0.4 is 10.1 Å². The number of nitrogens with zero attached hydrogens (tertiary/aromatic N) is 2. The van der Waals surface area contributed by atoms with E-state index >= 15 is 0 Å². The molecule has 30 heavy (non-hydrogen) atoms. The lowest BCUT2D eigenvalue weighted by molar-refractivity contribution is -0.137. The highest BCUT2D eigenvalue weighted by molar-refractivity contribution is 6.33. The Balaban J connectivity index is 1.41. The second-order valence-electron chi connectivity index (χ2n) is 7.02. The molecule has 0 atom stereocenters. The van der Waals surface area contributed by atoms with E-state index in [0.29, 0.717) is 19.7 Å². The van der Waals surface area contributed by atoms with Crippen molar-refractivity contribution in [3.05, 3.63) is 59.1 Å². The number of anilines is 1. The van der Waals surface area contributed by atoms with E-state index in [-0.39, 0.29) is 17.3 Å². The first-order valence-electron chi connectivity index (χ1n) is 9.60. The van der Waals surface area contributed by atoms with Crippen LogP contribution in [0.25, 0.3) is 0 Å². The van der Waals surface area contributed by atoms with E-state index in [4.69, 9.17) is 16.3 Å². The molecule has 0 saturated carbocycles. The molecular weight excluding hydrogens is 419 g/mol. The average molecular weight is 442 g/mol. The van der Waals surface area contributed by atoms with Gasteiger partial charge in [-0.25, -0.2) is 0 Å². The van der Waals surface area contributed by atoms with E-state index in [9.17, 15) is 18.0 Å². The highest BCUT2D eigenvalue weighted by Gasteiger charge is 2.31. The molecule has 5 nitrogen and oxygen atoms in total. The molecule has 1 N–H and O–H groups in total. The van der Waals surface area contributed by atoms with Crippen molar-refractivity contribution in [3.63, 3.8) is 0 Å². The van der Waals surface area contributed by atoms with Crippen LogP contribution in [0.4, 0.5) is 18.9 Å². The average Bonchev–Trinajstić information content (AvgIpc) is 2.71. The van der Waals surface area contributed by atoms with Gasteiger partial charge in [0, 0.05) is 32.7 Å². The molecule has 0 unspecified atom stereocenters. The third-order valence-corrected chi connectivity index (χ3v) is 5.15. The van der Waals surface area contributed by atoms with Crippen LogP contribution in [0.1, 0.15) is 5.56 Å². The van der Waals surface area contributed by atoms with Gasteiger partial charge in [-0.2, -0.15) is 13.2 Å². The number of benzene rings is 2. The summed E-state index contributed by atoms with van der Waals surface area (Å²) in [7, 11) is 0. The van der Waals surface area contributed by atoms with Gasteiger partial charge in [0.1, 0.15) is 12.4 Å². The number of carbonyl (C=O) groups is 1. The smallest absolute Gasteiger partial charge is 0.416 e. The molecule has 1 fully saturated rings. The fourth-order valence-electron chi connectivity index (χ4n) is 3.17. The van der Waals surface area contributed by atoms with Crippen molar-refractivity contribution in [2.45, 2.75) is 6.18 Å². The van der Waals surface area contributed by atoms with Crippen molar-refractivity contribution in [1.29, 1.82) is 0 Å². The maximum Gasteiger partial charge on any atom is 0.416 e. The minimum atomic E-state index is -4.50. The molecule has 0 aromatic heterocycles. The zero-order valence-electron chi connectivity index (χ0n) is 16.3. The van der Waals surface area contributed by atoms with Crippen LogP contribution >= 0.6 is 11.6 Å². The molecule has 0 spiro atoms. The van der Waals surface area contributed by atoms with E-state index in [1.807, 2.05) is 35.2 Å². The standard InChI is InChI=1S/C21H23ClF3N3O2/c22-18-7-6-16(21(23,24)25)14-19(18)26-20(29)15-28-10-8-27(9-11-28)12-13-30-17-4-2-1-3-5-17/h1-7,14H,8-13,15H2,(H,26,29). The van der Waals surface area contributed by atoms with Crippen LogP contribution in [0.5, 0.6) is 5.75 Å². The van der Waals surface area contributed by atoms with Gasteiger partial charge in [-0.3, -0.25) is 14.6 Å². The molecule has 0 radical (unpaired) electrons. The van der Waals surface area contributed by atoms with Crippen LogP contribution in [-0.2, 0) is 11.0 Å². The summed E-state index contributed by atoms with van der Waals surface area (Å²) < 4.78 is 44.3. The van der Waals surface area contributed by atoms with E-state index in [1.54, 1.807) is 0 Å². The normalized spacial score (nSPS) is 15.7. The van der Waals surface area contributed by atoms with Gasteiger partial charge in [-0.05, 0) is 30.3 Å². The Morgan fingerprint density at radius 1 is 1.03 bits per heavy atom. The molecule has 1 amide bonds. The zero-order valence-corrected chi connectivity index (χ0v) is 17.0. The minimum absolute atomic E-state index is 0.0341. The predicted molar refractivity (Wildman–Crippen MR) is 110 cm³/mol. The summed E-state index contributed by atoms with van der Waals surface area (Å²) >= 11 is 5.93. The predicted octanol–water partition coefficient (Wildman–Crippen LogP) is 3.99. The van der Waals surface area contributed by atoms with Crippen LogP contribution in [0.15, 0.2) is 48.5 Å². The second-order valence-corrected chi connectivity index (χ2v) is 7.43. The molecule has 0 aliphatic carbocycles. The quantitative estimate of drug-likeness (QED) is 0.705. The zero-order chi connectivity index (χ0) is 21.6. The van der Waals surface area contributed by atoms with Gasteiger partial charge >= 0.3 is 6.18 Å². The number of para-hydroxylation sites is 1. The molecule has 2 aromatic carbocycles. The Kier molecular flexibility index (Phi) is 7.58. The fourth-order valence-corrected chi connectivity index (χ4v) is 3.34. The molecule has 1 saturated heterocycles. The molecule has 162 valence electrons. The second kappa shape index (κ2) is 10.1. The molecule has 0 bridgehead atoms. The lowest BCUT2D eigenvalue weighted by Crippen LogP contribution is -2.49. The van der Waals surface area contributed by atoms with Crippen LogP contribution in [-0.4, -0.2) is 61.6 Å². The third-order valence-electron chi connectivity index (χ3n) is 4.82. The largest absolute Gasteiger partial charge is 0.492 e. The number of piperazine rings is 1. The Hall–Kier alpha value is -2.29. The molecule has 1 aliphatic rings. The van der Waals surface area contributed by atoms with Gasteiger partial charge in [-0.15, -0.1) is 0 Å². The van der Waals surface area contributed by atoms with Gasteiger partial charge < -0.3 is 10.1 Å². The van der Waals surface area contributed by atoms with E-state index in [2.05, 4.69) is 10.2 Å². The first-order chi connectivity index (χ1) is 14.3. The van der Waals surface area contributed by atoms with Crippen molar-refractivity contribution in [2.75, 3.05) is 51.2 Å². The van der Waals surface area contributed by atoms with Crippen LogP contribution in [0.2, 0.25) is 5.02 Å². The Bertz CT molecular complexity index is 841. The first-order valence-corrected chi connectivity index (χ1v) is 9.98. The summed E-state index contributed by atoms with van der Waals surface area (Å²) in [5, 5.41) is 2.56. The summed E-state index contributed by atoms with van der Waals surface area (Å²) in [4.78, 5) is 16.5. The van der Waals surface area contributed by atoms with Crippen molar-refractivity contribution in [1.82, 2.24) is 9.80 Å². The lowest BCUT2D eigenvalue weighted by Gasteiger charge is -2.34. The number of halogens is 4.